The van der Waals surface area contributed by atoms with Crippen molar-refractivity contribution in [1.29, 1.82) is 0 Å². The number of unbranched alkanes of at least 4 members (excludes halogenated alkanes) is 1. The Morgan fingerprint density at radius 1 is 1.18 bits per heavy atom. The molecule has 0 radical (unpaired) electrons. The van der Waals surface area contributed by atoms with Gasteiger partial charge in [0.1, 0.15) is 0 Å². The quantitative estimate of drug-likeness (QED) is 0.676. The van der Waals surface area contributed by atoms with Crippen LogP contribution < -0.4 is 11.1 Å². The molecule has 0 fully saturated rings. The minimum Gasteiger partial charge on any atom is -0.402 e. The van der Waals surface area contributed by atoms with Crippen molar-refractivity contribution in [1.82, 2.24) is 5.32 Å². The smallest absolute Gasteiger partial charge is 0.0115 e. The summed E-state index contributed by atoms with van der Waals surface area (Å²) in [4.78, 5) is 0. The lowest BCUT2D eigenvalue weighted by Crippen LogP contribution is -2.13. The van der Waals surface area contributed by atoms with E-state index in [1.807, 2.05) is 0 Å². The Balaban J connectivity index is 2.28. The maximum Gasteiger partial charge on any atom is 0.0115 e. The van der Waals surface area contributed by atoms with E-state index in [-0.39, 0.29) is 0 Å². The number of nitrogens with two attached hydrogens (primary N) is 1. The third kappa shape index (κ3) is 6.12. The lowest BCUT2D eigenvalue weighted by molar-refractivity contribution is 0.641. The number of nitrogens with one attached hydrogen (secondary N) is 1. The summed E-state index contributed by atoms with van der Waals surface area (Å²) in [6.45, 7) is 8.06. The normalized spacial score (nSPS) is 10.4. The summed E-state index contributed by atoms with van der Waals surface area (Å²) in [7, 11) is 0. The fourth-order valence-electron chi connectivity index (χ4n) is 1.84. The van der Waals surface area contributed by atoms with Gasteiger partial charge in [-0.1, -0.05) is 37.8 Å². The minimum atomic E-state index is 0.725. The van der Waals surface area contributed by atoms with E-state index in [1.165, 1.54) is 24.0 Å². The van der Waals surface area contributed by atoms with Gasteiger partial charge in [-0.25, -0.2) is 0 Å². The molecule has 0 saturated heterocycles. The van der Waals surface area contributed by atoms with Crippen LogP contribution in [0.5, 0.6) is 0 Å². The molecule has 0 bridgehead atoms. The number of hydrogen-bond donors (Lipinski definition) is 2. The van der Waals surface area contributed by atoms with Crippen LogP contribution in [0.15, 0.2) is 36.5 Å². The predicted molar refractivity (Wildman–Crippen MR) is 75.0 cm³/mol. The van der Waals surface area contributed by atoms with Crippen LogP contribution in [0.4, 0.5) is 0 Å². The topological polar surface area (TPSA) is 38.0 Å². The number of aryl methyl sites for hydroxylation is 1. The van der Waals surface area contributed by atoms with Gasteiger partial charge in [0.25, 0.3) is 0 Å². The van der Waals surface area contributed by atoms with E-state index in [0.717, 1.165) is 31.6 Å². The van der Waals surface area contributed by atoms with E-state index in [4.69, 9.17) is 5.73 Å². The zero-order chi connectivity index (χ0) is 12.5. The third-order valence-electron chi connectivity index (χ3n) is 2.77. The Morgan fingerprint density at radius 3 is 2.41 bits per heavy atom. The van der Waals surface area contributed by atoms with Crippen molar-refractivity contribution in [2.75, 3.05) is 13.1 Å². The van der Waals surface area contributed by atoms with Crippen molar-refractivity contribution in [3.05, 3.63) is 47.7 Å². The average molecular weight is 232 g/mol. The first-order chi connectivity index (χ1) is 8.22. The van der Waals surface area contributed by atoms with E-state index >= 15 is 0 Å². The van der Waals surface area contributed by atoms with Crippen LogP contribution in [0.3, 0.4) is 0 Å². The Kier molecular flexibility index (Phi) is 6.41. The summed E-state index contributed by atoms with van der Waals surface area (Å²) in [5.41, 5.74) is 8.97. The molecule has 0 aromatic heterocycles. The minimum absolute atomic E-state index is 0.725. The van der Waals surface area contributed by atoms with Crippen molar-refractivity contribution in [2.24, 2.45) is 5.73 Å². The molecule has 0 atom stereocenters. The number of hydrogen-bond acceptors (Lipinski definition) is 2. The highest BCUT2D eigenvalue weighted by atomic mass is 14.8. The Bertz CT molecular complexity index is 327. The molecule has 2 nitrogen and oxygen atoms in total. The molecule has 17 heavy (non-hydrogen) atoms. The molecule has 0 aliphatic rings. The maximum absolute atomic E-state index is 5.59. The maximum atomic E-state index is 5.59. The molecular weight excluding hydrogens is 208 g/mol. The first kappa shape index (κ1) is 13.8. The lowest BCUT2D eigenvalue weighted by atomic mass is 10.0. The van der Waals surface area contributed by atoms with E-state index in [1.54, 1.807) is 0 Å². The van der Waals surface area contributed by atoms with Crippen molar-refractivity contribution in [2.45, 2.75) is 32.6 Å². The molecule has 0 unspecified atom stereocenters. The molecule has 3 N–H and O–H groups in total. The van der Waals surface area contributed by atoms with E-state index < -0.39 is 0 Å². The van der Waals surface area contributed by atoms with Crippen LogP contribution >= 0.6 is 0 Å². The highest BCUT2D eigenvalue weighted by Gasteiger charge is 1.96. The second-order valence-corrected chi connectivity index (χ2v) is 4.46. The molecule has 94 valence electrons. The highest BCUT2D eigenvalue weighted by Crippen LogP contribution is 2.09. The van der Waals surface area contributed by atoms with E-state index in [0.29, 0.717) is 0 Å². The Hall–Kier alpha value is -1.28. The monoisotopic (exact) mass is 232 g/mol. The van der Waals surface area contributed by atoms with Gasteiger partial charge in [-0.15, -0.1) is 0 Å². The van der Waals surface area contributed by atoms with Gasteiger partial charge in [0.05, 0.1) is 0 Å². The van der Waals surface area contributed by atoms with Crippen molar-refractivity contribution >= 4 is 0 Å². The van der Waals surface area contributed by atoms with Gasteiger partial charge in [-0.05, 0) is 43.5 Å². The second kappa shape index (κ2) is 7.91. The van der Waals surface area contributed by atoms with Gasteiger partial charge in [0.2, 0.25) is 0 Å². The van der Waals surface area contributed by atoms with Crippen LogP contribution in [0, 0.1) is 0 Å². The number of allylic oxidation sites excluding steroid dienone is 1. The zero-order valence-electron chi connectivity index (χ0n) is 10.8. The fourth-order valence-corrected chi connectivity index (χ4v) is 1.84. The van der Waals surface area contributed by atoms with Gasteiger partial charge in [-0.3, -0.25) is 0 Å². The molecule has 1 aromatic carbocycles. The molecule has 0 heterocycles. The average Bonchev–Trinajstić information content (AvgIpc) is 2.30. The summed E-state index contributed by atoms with van der Waals surface area (Å²) in [5.74, 6) is 0. The number of benzene rings is 1. The predicted octanol–water partition coefficient (Wildman–Crippen LogP) is 2.63. The molecule has 0 saturated carbocycles. The first-order valence-electron chi connectivity index (χ1n) is 6.44. The lowest BCUT2D eigenvalue weighted by Gasteiger charge is -2.05. The van der Waals surface area contributed by atoms with Crippen LogP contribution in [0.1, 0.15) is 30.9 Å². The van der Waals surface area contributed by atoms with E-state index in [9.17, 15) is 0 Å². The van der Waals surface area contributed by atoms with Crippen LogP contribution in [0.25, 0.3) is 0 Å². The summed E-state index contributed by atoms with van der Waals surface area (Å²) < 4.78 is 0. The molecule has 0 spiro atoms. The zero-order valence-corrected chi connectivity index (χ0v) is 10.8. The van der Waals surface area contributed by atoms with Gasteiger partial charge in [0, 0.05) is 12.1 Å². The Labute approximate surface area is 105 Å². The molecule has 2 heteroatoms. The SMILES string of the molecule is C=C(N)Cc1ccc(CCCCNCC)cc1. The molecule has 0 aliphatic carbocycles. The first-order valence-corrected chi connectivity index (χ1v) is 6.44. The van der Waals surface area contributed by atoms with Crippen molar-refractivity contribution in [3.8, 4) is 0 Å². The van der Waals surface area contributed by atoms with E-state index in [2.05, 4.69) is 43.1 Å². The second-order valence-electron chi connectivity index (χ2n) is 4.46. The third-order valence-corrected chi connectivity index (χ3v) is 2.77. The summed E-state index contributed by atoms with van der Waals surface area (Å²) in [5, 5.41) is 3.34. The fraction of sp³-hybridized carbons (Fsp3) is 0.467. The van der Waals surface area contributed by atoms with Gasteiger partial charge >= 0.3 is 0 Å². The van der Waals surface area contributed by atoms with Crippen LogP contribution in [-0.2, 0) is 12.8 Å². The molecule has 0 amide bonds. The van der Waals surface area contributed by atoms with Gasteiger partial charge in [-0.2, -0.15) is 0 Å². The van der Waals surface area contributed by atoms with Gasteiger partial charge in [0.15, 0.2) is 0 Å². The molecular formula is C15H24N2. The van der Waals surface area contributed by atoms with Crippen LogP contribution in [-0.4, -0.2) is 13.1 Å². The number of rotatable bonds is 8. The highest BCUT2D eigenvalue weighted by molar-refractivity contribution is 5.25. The molecule has 0 aliphatic heterocycles. The molecule has 1 rings (SSSR count). The summed E-state index contributed by atoms with van der Waals surface area (Å²) >= 11 is 0. The van der Waals surface area contributed by atoms with Crippen molar-refractivity contribution in [3.63, 3.8) is 0 Å². The van der Waals surface area contributed by atoms with Crippen LogP contribution in [0.2, 0.25) is 0 Å². The Morgan fingerprint density at radius 2 is 1.82 bits per heavy atom. The summed E-state index contributed by atoms with van der Waals surface area (Å²) in [6.07, 6.45) is 4.43. The standard InChI is InChI=1S/C15H24N2/c1-3-17-11-5-4-6-14-7-9-15(10-8-14)12-13(2)16/h7-10,17H,2-6,11-12,16H2,1H3. The molecule has 1 aromatic rings. The van der Waals surface area contributed by atoms with Crippen molar-refractivity contribution < 1.29 is 0 Å². The van der Waals surface area contributed by atoms with Gasteiger partial charge < -0.3 is 11.1 Å². The largest absolute Gasteiger partial charge is 0.402 e. The summed E-state index contributed by atoms with van der Waals surface area (Å²) in [6, 6.07) is 8.70.